The van der Waals surface area contributed by atoms with E-state index in [0.29, 0.717) is 6.04 Å². The molecule has 0 unspecified atom stereocenters. The fourth-order valence-electron chi connectivity index (χ4n) is 2.96. The molecule has 1 saturated carbocycles. The van der Waals surface area contributed by atoms with E-state index in [1.165, 1.54) is 31.2 Å². The molecule has 1 aliphatic rings. The van der Waals surface area contributed by atoms with Gasteiger partial charge >= 0.3 is 0 Å². The molecule has 0 saturated heterocycles. The molecule has 20 heavy (non-hydrogen) atoms. The molecule has 0 radical (unpaired) electrons. The first-order chi connectivity index (χ1) is 9.70. The van der Waals surface area contributed by atoms with Gasteiger partial charge in [-0.2, -0.15) is 5.26 Å². The standard InChI is InChI=1S/C15H15BrN2.C2H6/c1-10-6-15-13(7-11(10)8-17)14(16)9-18(15)12-4-2-3-5-12;1-2/h6-7,9,12H,2-5H2,1H3;1-2H3. The lowest BCUT2D eigenvalue weighted by Crippen LogP contribution is -2.02. The van der Waals surface area contributed by atoms with Crippen LogP contribution in [0.4, 0.5) is 0 Å². The van der Waals surface area contributed by atoms with E-state index in [0.717, 1.165) is 21.0 Å². The molecule has 0 aliphatic heterocycles. The first-order valence-corrected chi connectivity index (χ1v) is 8.21. The van der Waals surface area contributed by atoms with Crippen LogP contribution in [0.1, 0.15) is 56.7 Å². The summed E-state index contributed by atoms with van der Waals surface area (Å²) in [5, 5.41) is 10.3. The van der Waals surface area contributed by atoms with Crippen molar-refractivity contribution in [2.45, 2.75) is 52.5 Å². The van der Waals surface area contributed by atoms with E-state index in [1.54, 1.807) is 0 Å². The zero-order valence-corrected chi connectivity index (χ0v) is 14.0. The number of aryl methyl sites for hydroxylation is 1. The van der Waals surface area contributed by atoms with Gasteiger partial charge in [0.1, 0.15) is 0 Å². The fraction of sp³-hybridized carbons (Fsp3) is 0.471. The lowest BCUT2D eigenvalue weighted by Gasteiger charge is -2.13. The van der Waals surface area contributed by atoms with Crippen molar-refractivity contribution in [3.63, 3.8) is 0 Å². The fourth-order valence-corrected chi connectivity index (χ4v) is 3.50. The average molecular weight is 333 g/mol. The maximum absolute atomic E-state index is 9.12. The number of nitrogens with zero attached hydrogens (tertiary/aromatic N) is 2. The van der Waals surface area contributed by atoms with E-state index in [2.05, 4.69) is 38.8 Å². The second-order valence-electron chi connectivity index (χ2n) is 5.12. The largest absolute Gasteiger partial charge is 0.343 e. The molecule has 1 aromatic heterocycles. The monoisotopic (exact) mass is 332 g/mol. The average Bonchev–Trinajstić information content (AvgIpc) is 3.09. The molecule has 3 rings (SSSR count). The quantitative estimate of drug-likeness (QED) is 0.655. The Morgan fingerprint density at radius 1 is 1.25 bits per heavy atom. The summed E-state index contributed by atoms with van der Waals surface area (Å²) >= 11 is 3.62. The van der Waals surface area contributed by atoms with Gasteiger partial charge in [-0.25, -0.2) is 0 Å². The van der Waals surface area contributed by atoms with Crippen molar-refractivity contribution < 1.29 is 0 Å². The van der Waals surface area contributed by atoms with E-state index in [4.69, 9.17) is 5.26 Å². The summed E-state index contributed by atoms with van der Waals surface area (Å²) < 4.78 is 3.49. The van der Waals surface area contributed by atoms with Crippen molar-refractivity contribution in [2.24, 2.45) is 0 Å². The van der Waals surface area contributed by atoms with Gasteiger partial charge in [-0.3, -0.25) is 0 Å². The molecule has 2 nitrogen and oxygen atoms in total. The predicted molar refractivity (Wildman–Crippen MR) is 87.9 cm³/mol. The number of rotatable bonds is 1. The maximum atomic E-state index is 9.12. The molecule has 0 N–H and O–H groups in total. The Balaban J connectivity index is 0.000000704. The van der Waals surface area contributed by atoms with Crippen molar-refractivity contribution in [1.29, 1.82) is 5.26 Å². The van der Waals surface area contributed by atoms with Crippen molar-refractivity contribution in [1.82, 2.24) is 4.57 Å². The second-order valence-corrected chi connectivity index (χ2v) is 5.97. The van der Waals surface area contributed by atoms with Gasteiger partial charge in [0, 0.05) is 27.6 Å². The minimum atomic E-state index is 0.631. The van der Waals surface area contributed by atoms with Crippen LogP contribution in [0.5, 0.6) is 0 Å². The van der Waals surface area contributed by atoms with Crippen LogP contribution < -0.4 is 0 Å². The number of fused-ring (bicyclic) bond motifs is 1. The van der Waals surface area contributed by atoms with Gasteiger partial charge in [-0.05, 0) is 53.4 Å². The number of aromatic nitrogens is 1. The predicted octanol–water partition coefficient (Wildman–Crippen LogP) is 5.73. The zero-order valence-electron chi connectivity index (χ0n) is 12.4. The summed E-state index contributed by atoms with van der Waals surface area (Å²) in [5.41, 5.74) is 3.09. The lowest BCUT2D eigenvalue weighted by molar-refractivity contribution is 0.535. The van der Waals surface area contributed by atoms with Gasteiger partial charge < -0.3 is 4.57 Å². The van der Waals surface area contributed by atoms with Crippen molar-refractivity contribution >= 4 is 26.8 Å². The van der Waals surface area contributed by atoms with Gasteiger partial charge in [-0.15, -0.1) is 0 Å². The van der Waals surface area contributed by atoms with Crippen LogP contribution in [0.2, 0.25) is 0 Å². The SMILES string of the molecule is CC.Cc1cc2c(cc1C#N)c(Br)cn2C1CCCC1. The second kappa shape index (κ2) is 6.45. The molecule has 1 aromatic carbocycles. The molecule has 106 valence electrons. The highest BCUT2D eigenvalue weighted by molar-refractivity contribution is 9.10. The van der Waals surface area contributed by atoms with Gasteiger partial charge in [0.2, 0.25) is 0 Å². The number of benzene rings is 1. The molecular weight excluding hydrogens is 312 g/mol. The summed E-state index contributed by atoms with van der Waals surface area (Å²) in [6, 6.07) is 7.04. The van der Waals surface area contributed by atoms with Crippen LogP contribution in [0.15, 0.2) is 22.8 Å². The van der Waals surface area contributed by atoms with Crippen LogP contribution in [0.25, 0.3) is 10.9 Å². The molecule has 2 aromatic rings. The number of halogens is 1. The highest BCUT2D eigenvalue weighted by Crippen LogP contribution is 2.36. The Labute approximate surface area is 129 Å². The van der Waals surface area contributed by atoms with Gasteiger partial charge in [0.25, 0.3) is 0 Å². The Morgan fingerprint density at radius 2 is 1.90 bits per heavy atom. The van der Waals surface area contributed by atoms with E-state index in [1.807, 2.05) is 26.8 Å². The van der Waals surface area contributed by atoms with Crippen LogP contribution in [0.3, 0.4) is 0 Å². The first-order valence-electron chi connectivity index (χ1n) is 7.41. The van der Waals surface area contributed by atoms with Crippen LogP contribution in [-0.4, -0.2) is 4.57 Å². The third-order valence-electron chi connectivity index (χ3n) is 3.97. The Hall–Kier alpha value is -1.27. The van der Waals surface area contributed by atoms with E-state index < -0.39 is 0 Å². The maximum Gasteiger partial charge on any atom is 0.0994 e. The number of nitriles is 1. The smallest absolute Gasteiger partial charge is 0.0994 e. The summed E-state index contributed by atoms with van der Waals surface area (Å²) in [6.45, 7) is 6.01. The molecule has 3 heteroatoms. The van der Waals surface area contributed by atoms with Gasteiger partial charge in [0.15, 0.2) is 0 Å². The van der Waals surface area contributed by atoms with Gasteiger partial charge in [0.05, 0.1) is 11.6 Å². The highest BCUT2D eigenvalue weighted by atomic mass is 79.9. The van der Waals surface area contributed by atoms with Crippen LogP contribution >= 0.6 is 15.9 Å². The summed E-state index contributed by atoms with van der Waals surface area (Å²) in [5.74, 6) is 0. The normalized spacial score (nSPS) is 14.9. The van der Waals surface area contributed by atoms with Crippen LogP contribution in [-0.2, 0) is 0 Å². The Morgan fingerprint density at radius 3 is 2.50 bits per heavy atom. The molecule has 0 spiro atoms. The van der Waals surface area contributed by atoms with Gasteiger partial charge in [-0.1, -0.05) is 26.7 Å². The van der Waals surface area contributed by atoms with E-state index in [9.17, 15) is 0 Å². The molecule has 1 heterocycles. The third kappa shape index (κ3) is 2.62. The number of hydrogen-bond donors (Lipinski definition) is 0. The Bertz CT molecular complexity index is 643. The highest BCUT2D eigenvalue weighted by Gasteiger charge is 2.20. The minimum absolute atomic E-state index is 0.631. The molecule has 1 fully saturated rings. The first kappa shape index (κ1) is 15.1. The summed E-state index contributed by atoms with van der Waals surface area (Å²) in [7, 11) is 0. The summed E-state index contributed by atoms with van der Waals surface area (Å²) in [4.78, 5) is 0. The number of hydrogen-bond acceptors (Lipinski definition) is 1. The lowest BCUT2D eigenvalue weighted by atomic mass is 10.1. The van der Waals surface area contributed by atoms with Crippen molar-refractivity contribution in [3.05, 3.63) is 33.9 Å². The molecular formula is C17H21BrN2. The molecule has 0 bridgehead atoms. The van der Waals surface area contributed by atoms with Crippen molar-refractivity contribution in [3.8, 4) is 6.07 Å². The van der Waals surface area contributed by atoms with E-state index >= 15 is 0 Å². The summed E-state index contributed by atoms with van der Waals surface area (Å²) in [6.07, 6.45) is 7.39. The minimum Gasteiger partial charge on any atom is -0.343 e. The third-order valence-corrected chi connectivity index (χ3v) is 4.60. The van der Waals surface area contributed by atoms with Crippen molar-refractivity contribution in [2.75, 3.05) is 0 Å². The van der Waals surface area contributed by atoms with Crippen LogP contribution in [0, 0.1) is 18.3 Å². The Kier molecular flexibility index (Phi) is 4.88. The molecule has 0 atom stereocenters. The molecule has 1 aliphatic carbocycles. The van der Waals surface area contributed by atoms with E-state index in [-0.39, 0.29) is 0 Å². The topological polar surface area (TPSA) is 28.7 Å². The zero-order chi connectivity index (χ0) is 14.7. The molecule has 0 amide bonds.